The summed E-state index contributed by atoms with van der Waals surface area (Å²) in [5.74, 6) is -0.0985. The smallest absolute Gasteiger partial charge is 0.263 e. The van der Waals surface area contributed by atoms with Gasteiger partial charge >= 0.3 is 0 Å². The lowest BCUT2D eigenvalue weighted by molar-refractivity contribution is -0.121. The van der Waals surface area contributed by atoms with Gasteiger partial charge in [0, 0.05) is 30.7 Å². The van der Waals surface area contributed by atoms with Crippen LogP contribution in [0.1, 0.15) is 23.2 Å². The number of hydrogen-bond donors (Lipinski definition) is 2. The van der Waals surface area contributed by atoms with Crippen LogP contribution in [-0.4, -0.2) is 24.3 Å². The molecule has 0 bridgehead atoms. The molecule has 0 saturated heterocycles. The van der Waals surface area contributed by atoms with Crippen molar-refractivity contribution in [2.75, 3.05) is 4.72 Å². The maximum Gasteiger partial charge on any atom is 0.263 e. The molecule has 0 saturated carbocycles. The SMILES string of the molecule is Cc1ccc(S(=O)(=O)Nc2nc(CCC(=O)NCc3cccnc3)cs2)cc1. The molecule has 28 heavy (non-hydrogen) atoms. The number of pyridine rings is 1. The molecule has 0 aliphatic rings. The Morgan fingerprint density at radius 1 is 1.18 bits per heavy atom. The normalized spacial score (nSPS) is 11.2. The highest BCUT2D eigenvalue weighted by molar-refractivity contribution is 7.93. The van der Waals surface area contributed by atoms with Gasteiger partial charge in [0.1, 0.15) is 0 Å². The predicted molar refractivity (Wildman–Crippen MR) is 109 cm³/mol. The van der Waals surface area contributed by atoms with Crippen LogP contribution in [0.5, 0.6) is 0 Å². The highest BCUT2D eigenvalue weighted by atomic mass is 32.2. The maximum absolute atomic E-state index is 12.4. The number of aryl methyl sites for hydroxylation is 2. The van der Waals surface area contributed by atoms with E-state index in [1.807, 2.05) is 19.1 Å². The summed E-state index contributed by atoms with van der Waals surface area (Å²) in [5.41, 5.74) is 2.58. The van der Waals surface area contributed by atoms with E-state index in [4.69, 9.17) is 0 Å². The lowest BCUT2D eigenvalue weighted by atomic mass is 10.2. The molecule has 0 spiro atoms. The van der Waals surface area contributed by atoms with E-state index in [1.165, 1.54) is 11.3 Å². The summed E-state index contributed by atoms with van der Waals surface area (Å²) in [4.78, 5) is 20.4. The summed E-state index contributed by atoms with van der Waals surface area (Å²) in [6.07, 6.45) is 4.08. The van der Waals surface area contributed by atoms with Gasteiger partial charge in [-0.1, -0.05) is 23.8 Å². The fourth-order valence-corrected chi connectivity index (χ4v) is 4.39. The minimum Gasteiger partial charge on any atom is -0.352 e. The molecule has 3 rings (SSSR count). The second-order valence-corrected chi connectivity index (χ2v) is 8.74. The van der Waals surface area contributed by atoms with Crippen LogP contribution < -0.4 is 10.0 Å². The fourth-order valence-electron chi connectivity index (χ4n) is 2.39. The van der Waals surface area contributed by atoms with Crippen LogP contribution in [0.4, 0.5) is 5.13 Å². The average Bonchev–Trinajstić information content (AvgIpc) is 3.12. The molecular formula is C19H20N4O3S2. The average molecular weight is 417 g/mol. The van der Waals surface area contributed by atoms with Crippen LogP contribution >= 0.6 is 11.3 Å². The Balaban J connectivity index is 1.51. The Kier molecular flexibility index (Phi) is 6.37. The topological polar surface area (TPSA) is 101 Å². The van der Waals surface area contributed by atoms with E-state index in [0.29, 0.717) is 18.7 Å². The number of aromatic nitrogens is 2. The molecule has 2 N–H and O–H groups in total. The molecule has 3 aromatic rings. The zero-order valence-corrected chi connectivity index (χ0v) is 16.9. The number of benzene rings is 1. The monoisotopic (exact) mass is 416 g/mol. The molecule has 1 amide bonds. The number of rotatable bonds is 8. The highest BCUT2D eigenvalue weighted by Gasteiger charge is 2.16. The van der Waals surface area contributed by atoms with Crippen molar-refractivity contribution in [3.63, 3.8) is 0 Å². The molecule has 0 radical (unpaired) electrons. The standard InChI is InChI=1S/C19H20N4O3S2/c1-14-4-7-17(8-5-14)28(25,26)23-19-22-16(13-27-19)6-9-18(24)21-12-15-3-2-10-20-11-15/h2-5,7-8,10-11,13H,6,9,12H2,1H3,(H,21,24)(H,22,23). The summed E-state index contributed by atoms with van der Waals surface area (Å²) in [7, 11) is -3.67. The van der Waals surface area contributed by atoms with E-state index < -0.39 is 10.0 Å². The van der Waals surface area contributed by atoms with Crippen molar-refractivity contribution in [2.24, 2.45) is 0 Å². The highest BCUT2D eigenvalue weighted by Crippen LogP contribution is 2.21. The van der Waals surface area contributed by atoms with Gasteiger partial charge in [0.2, 0.25) is 5.91 Å². The zero-order chi connectivity index (χ0) is 20.0. The van der Waals surface area contributed by atoms with Crippen molar-refractivity contribution in [3.8, 4) is 0 Å². The molecule has 2 aromatic heterocycles. The minimum absolute atomic E-state index is 0.0985. The van der Waals surface area contributed by atoms with Crippen molar-refractivity contribution < 1.29 is 13.2 Å². The maximum atomic E-state index is 12.4. The first-order chi connectivity index (χ1) is 13.4. The first-order valence-electron chi connectivity index (χ1n) is 8.62. The summed E-state index contributed by atoms with van der Waals surface area (Å²) in [6, 6.07) is 10.3. The number of hydrogen-bond acceptors (Lipinski definition) is 6. The van der Waals surface area contributed by atoms with Crippen molar-refractivity contribution in [1.82, 2.24) is 15.3 Å². The van der Waals surface area contributed by atoms with E-state index in [0.717, 1.165) is 11.1 Å². The second kappa shape index (κ2) is 8.94. The van der Waals surface area contributed by atoms with Gasteiger partial charge in [0.25, 0.3) is 10.0 Å². The van der Waals surface area contributed by atoms with E-state index in [2.05, 4.69) is 20.0 Å². The number of anilines is 1. The van der Waals surface area contributed by atoms with Crippen LogP contribution in [-0.2, 0) is 27.8 Å². The summed E-state index contributed by atoms with van der Waals surface area (Å²) < 4.78 is 27.3. The molecule has 0 unspecified atom stereocenters. The third kappa shape index (κ3) is 5.61. The number of carbonyl (C=O) groups is 1. The molecule has 7 nitrogen and oxygen atoms in total. The van der Waals surface area contributed by atoms with Crippen LogP contribution in [0.3, 0.4) is 0 Å². The van der Waals surface area contributed by atoms with Gasteiger partial charge in [-0.25, -0.2) is 13.4 Å². The van der Waals surface area contributed by atoms with Crippen LogP contribution in [0.25, 0.3) is 0 Å². The molecule has 0 fully saturated rings. The van der Waals surface area contributed by atoms with Crippen molar-refractivity contribution in [3.05, 3.63) is 71.0 Å². The van der Waals surface area contributed by atoms with Crippen molar-refractivity contribution >= 4 is 32.4 Å². The van der Waals surface area contributed by atoms with Gasteiger partial charge in [-0.05, 0) is 37.1 Å². The molecule has 1 aromatic carbocycles. The lowest BCUT2D eigenvalue weighted by Crippen LogP contribution is -2.23. The third-order valence-corrected chi connectivity index (χ3v) is 6.22. The summed E-state index contributed by atoms with van der Waals surface area (Å²) in [5, 5.41) is 4.86. The van der Waals surface area contributed by atoms with Gasteiger partial charge in [0.05, 0.1) is 10.6 Å². The third-order valence-electron chi connectivity index (χ3n) is 3.93. The second-order valence-electron chi connectivity index (χ2n) is 6.20. The number of thiazole rings is 1. The van der Waals surface area contributed by atoms with Crippen LogP contribution in [0.15, 0.2) is 59.1 Å². The number of nitrogens with one attached hydrogen (secondary N) is 2. The first kappa shape index (κ1) is 20.0. The Morgan fingerprint density at radius 3 is 2.68 bits per heavy atom. The lowest BCUT2D eigenvalue weighted by Gasteiger charge is -2.05. The van der Waals surface area contributed by atoms with Gasteiger partial charge in [-0.15, -0.1) is 11.3 Å². The minimum atomic E-state index is -3.67. The number of nitrogens with zero attached hydrogens (tertiary/aromatic N) is 2. The van der Waals surface area contributed by atoms with Crippen LogP contribution in [0, 0.1) is 6.92 Å². The molecule has 0 atom stereocenters. The van der Waals surface area contributed by atoms with E-state index in [-0.39, 0.29) is 22.4 Å². The summed E-state index contributed by atoms with van der Waals surface area (Å²) in [6.45, 7) is 2.31. The van der Waals surface area contributed by atoms with Gasteiger partial charge in [0.15, 0.2) is 5.13 Å². The molecular weight excluding hydrogens is 396 g/mol. The van der Waals surface area contributed by atoms with Gasteiger partial charge < -0.3 is 5.32 Å². The first-order valence-corrected chi connectivity index (χ1v) is 11.0. The largest absolute Gasteiger partial charge is 0.352 e. The predicted octanol–water partition coefficient (Wildman–Crippen LogP) is 2.90. The molecule has 2 heterocycles. The number of carbonyl (C=O) groups excluding carboxylic acids is 1. The fraction of sp³-hybridized carbons (Fsp3) is 0.211. The quantitative estimate of drug-likeness (QED) is 0.588. The molecule has 0 aliphatic carbocycles. The molecule has 9 heteroatoms. The van der Waals surface area contributed by atoms with E-state index >= 15 is 0 Å². The van der Waals surface area contributed by atoms with Crippen molar-refractivity contribution in [1.29, 1.82) is 0 Å². The Hall–Kier alpha value is -2.78. The Labute approximate surface area is 167 Å². The van der Waals surface area contributed by atoms with E-state index in [1.54, 1.807) is 42.0 Å². The molecule has 0 aliphatic heterocycles. The molecule has 146 valence electrons. The van der Waals surface area contributed by atoms with Crippen molar-refractivity contribution in [2.45, 2.75) is 31.2 Å². The zero-order valence-electron chi connectivity index (χ0n) is 15.3. The van der Waals surface area contributed by atoms with E-state index in [9.17, 15) is 13.2 Å². The Morgan fingerprint density at radius 2 is 1.96 bits per heavy atom. The Bertz CT molecular complexity index is 1030. The number of amides is 1. The summed E-state index contributed by atoms with van der Waals surface area (Å²) >= 11 is 1.19. The number of sulfonamides is 1. The van der Waals surface area contributed by atoms with Gasteiger partial charge in [-0.3, -0.25) is 14.5 Å². The van der Waals surface area contributed by atoms with Crippen LogP contribution in [0.2, 0.25) is 0 Å². The van der Waals surface area contributed by atoms with Gasteiger partial charge in [-0.2, -0.15) is 0 Å².